The number of hydrogen-bond donors (Lipinski definition) is 0. The minimum atomic E-state index is -0.172. The molecule has 0 aliphatic carbocycles. The van der Waals surface area contributed by atoms with E-state index in [0.29, 0.717) is 0 Å². The zero-order valence-electron chi connectivity index (χ0n) is 4.53. The van der Waals surface area contributed by atoms with Crippen molar-refractivity contribution in [3.63, 3.8) is 0 Å². The van der Waals surface area contributed by atoms with Crippen molar-refractivity contribution in [3.05, 3.63) is 24.0 Å². The third-order valence-electron chi connectivity index (χ3n) is 0.851. The van der Waals surface area contributed by atoms with Gasteiger partial charge in [0.2, 0.25) is 0 Å². The summed E-state index contributed by atoms with van der Waals surface area (Å²) in [6.45, 7) is 0. The van der Waals surface area contributed by atoms with Gasteiger partial charge in [0.25, 0.3) is 0 Å². The van der Waals surface area contributed by atoms with Gasteiger partial charge in [-0.3, -0.25) is 5.11 Å². The smallest absolute Gasteiger partial charge is 0.196 e. The summed E-state index contributed by atoms with van der Waals surface area (Å²) in [4.78, 5) is 3.52. The van der Waals surface area contributed by atoms with E-state index in [1.54, 1.807) is 6.07 Å². The van der Waals surface area contributed by atoms with Gasteiger partial charge in [0.15, 0.2) is 5.75 Å². The Labute approximate surface area is 52.2 Å². The van der Waals surface area contributed by atoms with Gasteiger partial charge in [0.1, 0.15) is 11.8 Å². The largest absolute Gasteiger partial charge is 0.288 e. The lowest BCUT2D eigenvalue weighted by molar-refractivity contribution is 0.353. The van der Waals surface area contributed by atoms with Crippen LogP contribution in [0.4, 0.5) is 0 Å². The fourth-order valence-electron chi connectivity index (χ4n) is 0.446. The molecule has 0 fully saturated rings. The standard InChI is InChI=1S/C6H3N2O/c7-3-5-1-2-6(9)4-8-5/h1-2,4H. The average molecular weight is 119 g/mol. The topological polar surface area (TPSA) is 56.6 Å². The van der Waals surface area contributed by atoms with E-state index in [1.807, 2.05) is 0 Å². The van der Waals surface area contributed by atoms with Crippen molar-refractivity contribution < 1.29 is 5.11 Å². The second kappa shape index (κ2) is 2.14. The van der Waals surface area contributed by atoms with E-state index in [2.05, 4.69) is 4.98 Å². The predicted molar refractivity (Wildman–Crippen MR) is 29.1 cm³/mol. The van der Waals surface area contributed by atoms with Crippen LogP contribution in [0.3, 0.4) is 0 Å². The first kappa shape index (κ1) is 5.57. The van der Waals surface area contributed by atoms with E-state index in [1.165, 1.54) is 12.1 Å². The molecule has 1 heterocycles. The summed E-state index contributed by atoms with van der Waals surface area (Å²) in [6, 6.07) is 4.51. The van der Waals surface area contributed by atoms with Gasteiger partial charge < -0.3 is 0 Å². The molecule has 1 aromatic rings. The highest BCUT2D eigenvalue weighted by Gasteiger charge is 1.90. The fourth-order valence-corrected chi connectivity index (χ4v) is 0.446. The van der Waals surface area contributed by atoms with Gasteiger partial charge in [-0.25, -0.2) is 4.98 Å². The molecule has 0 amide bonds. The molecule has 0 bridgehead atoms. The van der Waals surface area contributed by atoms with Crippen LogP contribution in [0.5, 0.6) is 5.75 Å². The second-order valence-corrected chi connectivity index (χ2v) is 1.49. The maximum atomic E-state index is 10.4. The lowest BCUT2D eigenvalue weighted by atomic mass is 10.4. The van der Waals surface area contributed by atoms with Crippen molar-refractivity contribution in [3.8, 4) is 11.8 Å². The van der Waals surface area contributed by atoms with Crippen molar-refractivity contribution in [1.29, 1.82) is 5.26 Å². The Morgan fingerprint density at radius 2 is 2.33 bits per heavy atom. The molecule has 1 radical (unpaired) electrons. The Morgan fingerprint density at radius 3 is 2.78 bits per heavy atom. The average Bonchev–Trinajstić information content (AvgIpc) is 1.90. The summed E-state index contributed by atoms with van der Waals surface area (Å²) in [6.07, 6.45) is 1.12. The number of aromatic nitrogens is 1. The van der Waals surface area contributed by atoms with Crippen LogP contribution >= 0.6 is 0 Å². The van der Waals surface area contributed by atoms with Gasteiger partial charge in [-0.15, -0.1) is 0 Å². The number of nitriles is 1. The van der Waals surface area contributed by atoms with Gasteiger partial charge in [-0.2, -0.15) is 5.26 Å². The summed E-state index contributed by atoms with van der Waals surface area (Å²) in [7, 11) is 0. The summed E-state index contributed by atoms with van der Waals surface area (Å²) < 4.78 is 0. The highest BCUT2D eigenvalue weighted by molar-refractivity contribution is 5.25. The normalized spacial score (nSPS) is 8.33. The van der Waals surface area contributed by atoms with Crippen molar-refractivity contribution in [2.45, 2.75) is 0 Å². The maximum Gasteiger partial charge on any atom is 0.196 e. The second-order valence-electron chi connectivity index (χ2n) is 1.49. The first-order chi connectivity index (χ1) is 4.33. The lowest BCUT2D eigenvalue weighted by Gasteiger charge is -1.83. The van der Waals surface area contributed by atoms with E-state index in [4.69, 9.17) is 5.26 Å². The van der Waals surface area contributed by atoms with E-state index in [-0.39, 0.29) is 11.4 Å². The van der Waals surface area contributed by atoms with Crippen molar-refractivity contribution in [2.75, 3.05) is 0 Å². The third-order valence-corrected chi connectivity index (χ3v) is 0.851. The van der Waals surface area contributed by atoms with Crippen LogP contribution in [0.15, 0.2) is 18.3 Å². The van der Waals surface area contributed by atoms with Crippen LogP contribution in [-0.4, -0.2) is 4.98 Å². The molecule has 1 rings (SSSR count). The van der Waals surface area contributed by atoms with Gasteiger partial charge in [-0.05, 0) is 12.1 Å². The molecule has 0 spiro atoms. The Morgan fingerprint density at radius 1 is 1.56 bits per heavy atom. The fraction of sp³-hybridized carbons (Fsp3) is 0. The third kappa shape index (κ3) is 1.16. The van der Waals surface area contributed by atoms with Crippen molar-refractivity contribution >= 4 is 0 Å². The molecule has 0 saturated heterocycles. The quantitative estimate of drug-likeness (QED) is 0.513. The molecule has 0 atom stereocenters. The Balaban J connectivity index is 3.06. The van der Waals surface area contributed by atoms with E-state index < -0.39 is 0 Å². The molecule has 3 nitrogen and oxygen atoms in total. The van der Waals surface area contributed by atoms with E-state index in [9.17, 15) is 5.11 Å². The van der Waals surface area contributed by atoms with Crippen LogP contribution in [0, 0.1) is 11.3 Å². The summed E-state index contributed by atoms with van der Waals surface area (Å²) in [5, 5.41) is 18.6. The minimum Gasteiger partial charge on any atom is -0.288 e. The molecular formula is C6H3N2O. The number of pyridine rings is 1. The molecule has 0 aliphatic heterocycles. The summed E-state index contributed by atoms with van der Waals surface area (Å²) >= 11 is 0. The molecule has 0 aromatic carbocycles. The Bertz CT molecular complexity index is 234. The molecule has 0 N–H and O–H groups in total. The van der Waals surface area contributed by atoms with Crippen LogP contribution in [-0.2, 0) is 5.11 Å². The first-order valence-electron chi connectivity index (χ1n) is 2.36. The van der Waals surface area contributed by atoms with Crippen LogP contribution in [0.2, 0.25) is 0 Å². The van der Waals surface area contributed by atoms with Gasteiger partial charge >= 0.3 is 0 Å². The van der Waals surface area contributed by atoms with Gasteiger partial charge in [-0.1, -0.05) is 0 Å². The zero-order chi connectivity index (χ0) is 6.69. The highest BCUT2D eigenvalue weighted by atomic mass is 16.3. The summed E-state index contributed by atoms with van der Waals surface area (Å²) in [5.41, 5.74) is 0.273. The van der Waals surface area contributed by atoms with Crippen molar-refractivity contribution in [1.82, 2.24) is 4.98 Å². The molecular weight excluding hydrogens is 116 g/mol. The van der Waals surface area contributed by atoms with Crippen LogP contribution in [0.25, 0.3) is 0 Å². The molecule has 43 valence electrons. The molecule has 9 heavy (non-hydrogen) atoms. The van der Waals surface area contributed by atoms with Gasteiger partial charge in [0.05, 0.1) is 6.20 Å². The minimum absolute atomic E-state index is 0.172. The van der Waals surface area contributed by atoms with Crippen LogP contribution in [0.1, 0.15) is 5.69 Å². The van der Waals surface area contributed by atoms with Gasteiger partial charge in [0, 0.05) is 0 Å². The summed E-state index contributed by atoms with van der Waals surface area (Å²) in [5.74, 6) is -0.172. The Kier molecular flexibility index (Phi) is 1.32. The van der Waals surface area contributed by atoms with Crippen LogP contribution < -0.4 is 0 Å². The molecule has 0 saturated carbocycles. The zero-order valence-corrected chi connectivity index (χ0v) is 4.53. The first-order valence-corrected chi connectivity index (χ1v) is 2.36. The molecule has 0 unspecified atom stereocenters. The Hall–Kier alpha value is -1.56. The number of rotatable bonds is 0. The molecule has 1 aromatic heterocycles. The highest BCUT2D eigenvalue weighted by Crippen LogP contribution is 2.05. The predicted octanol–water partition coefficient (Wildman–Crippen LogP) is 1.10. The molecule has 0 aliphatic rings. The monoisotopic (exact) mass is 119 g/mol. The SMILES string of the molecule is N#Cc1ccc([O])cn1. The lowest BCUT2D eigenvalue weighted by Crippen LogP contribution is -1.76. The van der Waals surface area contributed by atoms with E-state index in [0.717, 1.165) is 6.20 Å². The number of nitrogens with zero attached hydrogens (tertiary/aromatic N) is 2. The maximum absolute atomic E-state index is 10.4. The number of hydrogen-bond acceptors (Lipinski definition) is 2. The van der Waals surface area contributed by atoms with Crippen molar-refractivity contribution in [2.24, 2.45) is 0 Å². The van der Waals surface area contributed by atoms with E-state index >= 15 is 0 Å². The molecule has 3 heteroatoms.